The number of guanidine groups is 1. The van der Waals surface area contributed by atoms with Gasteiger partial charge < -0.3 is 20.6 Å². The van der Waals surface area contributed by atoms with E-state index in [9.17, 15) is 4.79 Å². The summed E-state index contributed by atoms with van der Waals surface area (Å²) in [7, 11) is 0. The molecule has 1 saturated heterocycles. The summed E-state index contributed by atoms with van der Waals surface area (Å²) in [6, 6.07) is 6.46. The van der Waals surface area contributed by atoms with Crippen LogP contribution in [0.25, 0.3) is 0 Å². The average Bonchev–Trinajstić information content (AvgIpc) is 2.48. The predicted molar refractivity (Wildman–Crippen MR) is 97.4 cm³/mol. The summed E-state index contributed by atoms with van der Waals surface area (Å²) in [5.74, 6) is -0.973. The van der Waals surface area contributed by atoms with Crippen molar-refractivity contribution in [3.05, 3.63) is 29.8 Å². The highest BCUT2D eigenvalue weighted by molar-refractivity contribution is 5.93. The molecule has 4 N–H and O–H groups in total. The Morgan fingerprint density at radius 1 is 1.17 bits per heavy atom. The zero-order valence-electron chi connectivity index (χ0n) is 12.9. The Labute approximate surface area is 149 Å². The number of benzene rings is 1. The minimum Gasteiger partial charge on any atom is -0.478 e. The summed E-state index contributed by atoms with van der Waals surface area (Å²) in [6.45, 7) is 3.70. The van der Waals surface area contributed by atoms with Crippen LogP contribution in [0.1, 0.15) is 29.6 Å². The van der Waals surface area contributed by atoms with E-state index in [0.717, 1.165) is 25.3 Å². The minimum atomic E-state index is -0.954. The molecular weight excluding hydrogens is 339 g/mol. The summed E-state index contributed by atoms with van der Waals surface area (Å²) in [5.41, 5.74) is 6.65. The van der Waals surface area contributed by atoms with E-state index < -0.39 is 5.97 Å². The standard InChI is InChI=1S/C15H22N4O2.2ClH/c16-15(17)19(11-10-18-8-2-1-3-9-18)13-6-4-12(5-7-13)14(20)21;;/h4-7H,1-3,8-11H2,(H3,16,17)(H,20,21);2*1H. The quantitative estimate of drug-likeness (QED) is 0.552. The first kappa shape index (κ1) is 21.5. The fraction of sp³-hybridized carbons (Fsp3) is 0.467. The maximum absolute atomic E-state index is 10.9. The Bertz CT molecular complexity index is 505. The van der Waals surface area contributed by atoms with Gasteiger partial charge in [-0.25, -0.2) is 4.79 Å². The number of carboxylic acids is 1. The van der Waals surface area contributed by atoms with Crippen molar-refractivity contribution in [2.24, 2.45) is 5.73 Å². The highest BCUT2D eigenvalue weighted by atomic mass is 35.5. The second-order valence-electron chi connectivity index (χ2n) is 5.29. The number of nitrogens with zero attached hydrogens (tertiary/aromatic N) is 2. The molecule has 1 fully saturated rings. The van der Waals surface area contributed by atoms with Crippen LogP contribution in [-0.2, 0) is 0 Å². The van der Waals surface area contributed by atoms with Gasteiger partial charge in [0.25, 0.3) is 0 Å². The van der Waals surface area contributed by atoms with Gasteiger partial charge in [-0.1, -0.05) is 6.42 Å². The van der Waals surface area contributed by atoms with Gasteiger partial charge in [0.1, 0.15) is 0 Å². The van der Waals surface area contributed by atoms with Crippen LogP contribution in [-0.4, -0.2) is 48.1 Å². The Hall–Kier alpha value is -1.50. The molecule has 0 atom stereocenters. The average molecular weight is 363 g/mol. The van der Waals surface area contributed by atoms with Gasteiger partial charge in [-0.3, -0.25) is 5.41 Å². The molecule has 2 rings (SSSR count). The molecule has 0 aliphatic carbocycles. The SMILES string of the molecule is Cl.Cl.N=C(N)N(CCN1CCCCC1)c1ccc(C(=O)O)cc1. The largest absolute Gasteiger partial charge is 0.478 e. The van der Waals surface area contributed by atoms with Crippen molar-refractivity contribution >= 4 is 42.4 Å². The molecule has 0 spiro atoms. The van der Waals surface area contributed by atoms with E-state index in [1.807, 2.05) is 0 Å². The van der Waals surface area contributed by atoms with Crippen molar-refractivity contribution in [2.45, 2.75) is 19.3 Å². The van der Waals surface area contributed by atoms with Crippen molar-refractivity contribution in [3.63, 3.8) is 0 Å². The highest BCUT2D eigenvalue weighted by Gasteiger charge is 2.14. The molecule has 1 aliphatic rings. The predicted octanol–water partition coefficient (Wildman–Crippen LogP) is 2.41. The monoisotopic (exact) mass is 362 g/mol. The molecule has 0 amide bonds. The van der Waals surface area contributed by atoms with E-state index in [0.29, 0.717) is 6.54 Å². The lowest BCUT2D eigenvalue weighted by Crippen LogP contribution is -2.43. The molecule has 0 unspecified atom stereocenters. The lowest BCUT2D eigenvalue weighted by atomic mass is 10.1. The third-order valence-electron chi connectivity index (χ3n) is 3.81. The molecular formula is C15H24Cl2N4O2. The number of nitrogens with two attached hydrogens (primary N) is 1. The summed E-state index contributed by atoms with van der Waals surface area (Å²) in [4.78, 5) is 14.9. The summed E-state index contributed by atoms with van der Waals surface area (Å²) in [6.07, 6.45) is 3.75. The topological polar surface area (TPSA) is 93.7 Å². The number of aromatic carboxylic acids is 1. The van der Waals surface area contributed by atoms with Crippen LogP contribution >= 0.6 is 24.8 Å². The van der Waals surface area contributed by atoms with Gasteiger partial charge in [0.2, 0.25) is 0 Å². The first-order chi connectivity index (χ1) is 10.1. The number of nitrogens with one attached hydrogen (secondary N) is 1. The summed E-state index contributed by atoms with van der Waals surface area (Å²) >= 11 is 0. The second kappa shape index (κ2) is 10.3. The Balaban J connectivity index is 0.00000242. The third-order valence-corrected chi connectivity index (χ3v) is 3.81. The van der Waals surface area contributed by atoms with Gasteiger partial charge in [-0.2, -0.15) is 0 Å². The first-order valence-electron chi connectivity index (χ1n) is 7.25. The number of hydrogen-bond acceptors (Lipinski definition) is 3. The number of likely N-dealkylation sites (tertiary alicyclic amines) is 1. The molecule has 0 bridgehead atoms. The molecule has 1 aliphatic heterocycles. The van der Waals surface area contributed by atoms with Gasteiger partial charge >= 0.3 is 5.97 Å². The summed E-state index contributed by atoms with van der Waals surface area (Å²) < 4.78 is 0. The minimum absolute atomic E-state index is 0. The Morgan fingerprint density at radius 3 is 2.22 bits per heavy atom. The van der Waals surface area contributed by atoms with Crippen molar-refractivity contribution in [1.29, 1.82) is 5.41 Å². The van der Waals surface area contributed by atoms with Crippen LogP contribution in [0.4, 0.5) is 5.69 Å². The normalized spacial score (nSPS) is 14.3. The maximum Gasteiger partial charge on any atom is 0.335 e. The first-order valence-corrected chi connectivity index (χ1v) is 7.25. The van der Waals surface area contributed by atoms with Crippen molar-refractivity contribution in [1.82, 2.24) is 4.90 Å². The van der Waals surface area contributed by atoms with Crippen LogP contribution in [0.3, 0.4) is 0 Å². The fourth-order valence-corrected chi connectivity index (χ4v) is 2.60. The smallest absolute Gasteiger partial charge is 0.335 e. The number of carboxylic acid groups (broad SMARTS) is 1. The van der Waals surface area contributed by atoms with Crippen molar-refractivity contribution in [2.75, 3.05) is 31.1 Å². The Kier molecular flexibility index (Phi) is 9.64. The third kappa shape index (κ3) is 6.25. The van der Waals surface area contributed by atoms with Crippen LogP contribution < -0.4 is 10.6 Å². The second-order valence-corrected chi connectivity index (χ2v) is 5.29. The number of hydrogen-bond donors (Lipinski definition) is 3. The molecule has 8 heteroatoms. The Morgan fingerprint density at radius 2 is 1.74 bits per heavy atom. The van der Waals surface area contributed by atoms with Gasteiger partial charge in [0.05, 0.1) is 5.56 Å². The van der Waals surface area contributed by atoms with E-state index in [1.54, 1.807) is 17.0 Å². The van der Waals surface area contributed by atoms with Gasteiger partial charge in [0, 0.05) is 18.8 Å². The van der Waals surface area contributed by atoms with E-state index in [2.05, 4.69) is 4.90 Å². The summed E-state index contributed by atoms with van der Waals surface area (Å²) in [5, 5.41) is 16.6. The molecule has 1 aromatic carbocycles. The van der Waals surface area contributed by atoms with Gasteiger partial charge in [-0.05, 0) is 50.2 Å². The van der Waals surface area contributed by atoms with Crippen molar-refractivity contribution < 1.29 is 9.90 Å². The van der Waals surface area contributed by atoms with Crippen LogP contribution in [0.5, 0.6) is 0 Å². The maximum atomic E-state index is 10.9. The van der Waals surface area contributed by atoms with E-state index >= 15 is 0 Å². The van der Waals surface area contributed by atoms with Crippen molar-refractivity contribution in [3.8, 4) is 0 Å². The van der Waals surface area contributed by atoms with E-state index in [1.165, 1.54) is 31.4 Å². The number of anilines is 1. The molecule has 6 nitrogen and oxygen atoms in total. The molecule has 1 aromatic rings. The highest BCUT2D eigenvalue weighted by Crippen LogP contribution is 2.16. The van der Waals surface area contributed by atoms with Crippen LogP contribution in [0.2, 0.25) is 0 Å². The van der Waals surface area contributed by atoms with Crippen LogP contribution in [0.15, 0.2) is 24.3 Å². The molecule has 23 heavy (non-hydrogen) atoms. The lowest BCUT2D eigenvalue weighted by molar-refractivity contribution is 0.0697. The van der Waals surface area contributed by atoms with Gasteiger partial charge in [-0.15, -0.1) is 24.8 Å². The fourth-order valence-electron chi connectivity index (χ4n) is 2.60. The number of rotatable bonds is 5. The number of piperidine rings is 1. The van der Waals surface area contributed by atoms with Gasteiger partial charge in [0.15, 0.2) is 5.96 Å². The van der Waals surface area contributed by atoms with E-state index in [4.69, 9.17) is 16.2 Å². The molecule has 130 valence electrons. The number of carbonyl (C=O) groups is 1. The van der Waals surface area contributed by atoms with Crippen LogP contribution in [0, 0.1) is 5.41 Å². The molecule has 1 heterocycles. The zero-order chi connectivity index (χ0) is 15.2. The molecule has 0 radical (unpaired) electrons. The lowest BCUT2D eigenvalue weighted by Gasteiger charge is -2.30. The zero-order valence-corrected chi connectivity index (χ0v) is 14.5. The molecule has 0 saturated carbocycles. The number of halogens is 2. The molecule has 0 aromatic heterocycles. The van der Waals surface area contributed by atoms with E-state index in [-0.39, 0.29) is 36.3 Å².